The van der Waals surface area contributed by atoms with Gasteiger partial charge in [-0.3, -0.25) is 9.89 Å². The van der Waals surface area contributed by atoms with E-state index >= 15 is 0 Å². The lowest BCUT2D eigenvalue weighted by molar-refractivity contribution is 0.0945. The smallest absolute Gasteiger partial charge is 0.269 e. The Morgan fingerprint density at radius 2 is 2.35 bits per heavy atom. The summed E-state index contributed by atoms with van der Waals surface area (Å²) in [6.45, 7) is 1.60. The molecule has 0 aromatic carbocycles. The molecular formula is C12H15N9O2. The molecule has 0 aliphatic rings. The van der Waals surface area contributed by atoms with Gasteiger partial charge in [0.2, 0.25) is 0 Å². The Hall–Kier alpha value is -3.08. The lowest BCUT2D eigenvalue weighted by Gasteiger charge is -2.08. The van der Waals surface area contributed by atoms with Crippen molar-refractivity contribution >= 4 is 5.91 Å². The zero-order valence-electron chi connectivity index (χ0n) is 12.4. The third-order valence-corrected chi connectivity index (χ3v) is 3.16. The fourth-order valence-corrected chi connectivity index (χ4v) is 1.96. The fraction of sp³-hybridized carbons (Fsp3) is 0.333. The molecule has 3 aromatic rings. The molecule has 0 aliphatic carbocycles. The number of tetrazole rings is 1. The average molecular weight is 317 g/mol. The maximum atomic E-state index is 12.2. The third-order valence-electron chi connectivity index (χ3n) is 3.16. The topological polar surface area (TPSA) is 128 Å². The van der Waals surface area contributed by atoms with E-state index in [-0.39, 0.29) is 5.91 Å². The zero-order chi connectivity index (χ0) is 16.1. The van der Waals surface area contributed by atoms with E-state index in [2.05, 4.69) is 36.0 Å². The van der Waals surface area contributed by atoms with Crippen molar-refractivity contribution in [3.63, 3.8) is 0 Å². The molecule has 0 bridgehead atoms. The Balaban J connectivity index is 1.61. The van der Waals surface area contributed by atoms with Crippen molar-refractivity contribution in [2.24, 2.45) is 0 Å². The number of rotatable bonds is 7. The normalized spacial score (nSPS) is 10.8. The van der Waals surface area contributed by atoms with Crippen molar-refractivity contribution in [1.29, 1.82) is 0 Å². The van der Waals surface area contributed by atoms with Crippen LogP contribution in [0.25, 0.3) is 5.82 Å². The van der Waals surface area contributed by atoms with Crippen LogP contribution in [0.4, 0.5) is 0 Å². The van der Waals surface area contributed by atoms with Crippen LogP contribution in [0.3, 0.4) is 0 Å². The van der Waals surface area contributed by atoms with E-state index in [0.29, 0.717) is 31.2 Å². The first-order chi connectivity index (χ1) is 11.3. The molecule has 1 amide bonds. The van der Waals surface area contributed by atoms with Crippen molar-refractivity contribution in [2.75, 3.05) is 13.7 Å². The summed E-state index contributed by atoms with van der Waals surface area (Å²) >= 11 is 0. The van der Waals surface area contributed by atoms with E-state index in [1.54, 1.807) is 25.7 Å². The number of H-pyrrole nitrogens is 1. The summed E-state index contributed by atoms with van der Waals surface area (Å²) in [6.07, 6.45) is 4.80. The van der Waals surface area contributed by atoms with Crippen molar-refractivity contribution in [3.05, 3.63) is 36.3 Å². The number of hydrogen-bond donors (Lipinski definition) is 2. The van der Waals surface area contributed by atoms with Crippen LogP contribution >= 0.6 is 0 Å². The van der Waals surface area contributed by atoms with Gasteiger partial charge < -0.3 is 14.6 Å². The second-order valence-corrected chi connectivity index (χ2v) is 4.65. The number of carbonyl (C=O) groups is 1. The molecule has 3 rings (SSSR count). The quantitative estimate of drug-likeness (QED) is 0.581. The summed E-state index contributed by atoms with van der Waals surface area (Å²) < 4.78 is 8.31. The molecule has 0 atom stereocenters. The molecule has 0 radical (unpaired) electrons. The van der Waals surface area contributed by atoms with Gasteiger partial charge in [-0.2, -0.15) is 9.78 Å². The minimum absolute atomic E-state index is 0.281. The van der Waals surface area contributed by atoms with E-state index in [1.165, 1.54) is 11.0 Å². The van der Waals surface area contributed by atoms with Crippen LogP contribution in [0, 0.1) is 0 Å². The molecule has 11 heteroatoms. The fourth-order valence-electron chi connectivity index (χ4n) is 1.96. The number of nitrogens with one attached hydrogen (secondary N) is 2. The van der Waals surface area contributed by atoms with Crippen molar-refractivity contribution < 1.29 is 9.53 Å². The highest BCUT2D eigenvalue weighted by molar-refractivity contribution is 5.92. The first-order valence-corrected chi connectivity index (χ1v) is 6.83. The molecule has 11 nitrogen and oxygen atoms in total. The Kier molecular flexibility index (Phi) is 4.38. The number of amides is 1. The molecule has 0 spiro atoms. The third kappa shape index (κ3) is 3.40. The van der Waals surface area contributed by atoms with Gasteiger partial charge in [0.25, 0.3) is 5.91 Å². The molecule has 0 saturated carbocycles. The minimum atomic E-state index is -0.281. The highest BCUT2D eigenvalue weighted by atomic mass is 16.5. The first kappa shape index (κ1) is 14.8. The number of ether oxygens (including phenoxy) is 1. The number of nitrogens with zero attached hydrogens (tertiary/aromatic N) is 7. The van der Waals surface area contributed by atoms with Crippen LogP contribution in [-0.2, 0) is 17.8 Å². The van der Waals surface area contributed by atoms with Gasteiger partial charge in [0.1, 0.15) is 12.0 Å². The summed E-state index contributed by atoms with van der Waals surface area (Å²) in [5, 5.41) is 20.2. The van der Waals surface area contributed by atoms with E-state index in [1.807, 2.05) is 4.57 Å². The molecule has 3 aromatic heterocycles. The van der Waals surface area contributed by atoms with Gasteiger partial charge in [-0.15, -0.1) is 5.10 Å². The Morgan fingerprint density at radius 3 is 3.13 bits per heavy atom. The van der Waals surface area contributed by atoms with Crippen LogP contribution in [-0.4, -0.2) is 59.6 Å². The van der Waals surface area contributed by atoms with Gasteiger partial charge in [0.15, 0.2) is 5.82 Å². The highest BCUT2D eigenvalue weighted by Crippen LogP contribution is 2.04. The molecule has 0 unspecified atom stereocenters. The van der Waals surface area contributed by atoms with Gasteiger partial charge in [-0.25, -0.2) is 4.98 Å². The summed E-state index contributed by atoms with van der Waals surface area (Å²) in [5.41, 5.74) is 1.20. The molecule has 0 fully saturated rings. The second-order valence-electron chi connectivity index (χ2n) is 4.65. The van der Waals surface area contributed by atoms with Crippen LogP contribution in [0.1, 0.15) is 16.2 Å². The molecule has 3 heterocycles. The largest absolute Gasteiger partial charge is 0.383 e. The number of imidazole rings is 1. The van der Waals surface area contributed by atoms with E-state index < -0.39 is 0 Å². The van der Waals surface area contributed by atoms with Crippen LogP contribution in [0.2, 0.25) is 0 Å². The Labute approximate surface area is 130 Å². The van der Waals surface area contributed by atoms with Crippen LogP contribution in [0.15, 0.2) is 24.9 Å². The van der Waals surface area contributed by atoms with E-state index in [9.17, 15) is 4.79 Å². The van der Waals surface area contributed by atoms with Gasteiger partial charge in [-0.05, 0) is 10.4 Å². The summed E-state index contributed by atoms with van der Waals surface area (Å²) in [4.78, 5) is 16.2. The molecule has 2 N–H and O–H groups in total. The minimum Gasteiger partial charge on any atom is -0.383 e. The molecular weight excluding hydrogens is 302 g/mol. The predicted molar refractivity (Wildman–Crippen MR) is 76.6 cm³/mol. The second kappa shape index (κ2) is 6.79. The Bertz CT molecular complexity index is 761. The maximum Gasteiger partial charge on any atom is 0.269 e. The zero-order valence-corrected chi connectivity index (χ0v) is 12.4. The van der Waals surface area contributed by atoms with Crippen molar-refractivity contribution in [1.82, 2.24) is 45.3 Å². The van der Waals surface area contributed by atoms with Crippen LogP contribution in [0.5, 0.6) is 0 Å². The lowest BCUT2D eigenvalue weighted by atomic mass is 10.3. The number of hydrogen-bond acceptors (Lipinski definition) is 7. The van der Waals surface area contributed by atoms with E-state index in [4.69, 9.17) is 4.74 Å². The summed E-state index contributed by atoms with van der Waals surface area (Å²) in [5.74, 6) is 0.154. The van der Waals surface area contributed by atoms with Crippen molar-refractivity contribution in [2.45, 2.75) is 13.1 Å². The SMILES string of the molecule is COCCn1cncc1CNC(=O)c1cc(-n2cnnn2)n[nH]1. The number of aromatic amines is 1. The van der Waals surface area contributed by atoms with E-state index in [0.717, 1.165) is 5.69 Å². The van der Waals surface area contributed by atoms with Crippen LogP contribution < -0.4 is 5.32 Å². The van der Waals surface area contributed by atoms with Gasteiger partial charge >= 0.3 is 0 Å². The summed E-state index contributed by atoms with van der Waals surface area (Å²) in [7, 11) is 1.64. The lowest BCUT2D eigenvalue weighted by Crippen LogP contribution is -2.24. The van der Waals surface area contributed by atoms with Gasteiger partial charge in [0.05, 0.1) is 25.2 Å². The average Bonchev–Trinajstić information content (AvgIpc) is 3.31. The summed E-state index contributed by atoms with van der Waals surface area (Å²) in [6, 6.07) is 1.56. The number of aromatic nitrogens is 8. The number of methoxy groups -OCH3 is 1. The first-order valence-electron chi connectivity index (χ1n) is 6.83. The monoisotopic (exact) mass is 317 g/mol. The molecule has 23 heavy (non-hydrogen) atoms. The standard InChI is InChI=1S/C12H15N9O2/c1-23-3-2-20-7-13-5-9(20)6-14-12(22)10-4-11(17-16-10)21-8-15-18-19-21/h4-5,7-8H,2-3,6H2,1H3,(H,14,22)(H,16,17). The highest BCUT2D eigenvalue weighted by Gasteiger charge is 2.12. The Morgan fingerprint density at radius 1 is 1.43 bits per heavy atom. The molecule has 120 valence electrons. The number of carbonyl (C=O) groups excluding carboxylic acids is 1. The molecule has 0 saturated heterocycles. The van der Waals surface area contributed by atoms with Gasteiger partial charge in [0, 0.05) is 25.9 Å². The van der Waals surface area contributed by atoms with Crippen molar-refractivity contribution in [3.8, 4) is 5.82 Å². The maximum absolute atomic E-state index is 12.2. The molecule has 0 aliphatic heterocycles. The van der Waals surface area contributed by atoms with Gasteiger partial charge in [-0.1, -0.05) is 0 Å². The predicted octanol–water partition coefficient (Wildman–Crippen LogP) is -0.842.